The first-order valence-corrected chi connectivity index (χ1v) is 27.9. The number of rotatable bonds is 36. The van der Waals surface area contributed by atoms with Crippen LogP contribution in [0.5, 0.6) is 0 Å². The number of aromatic nitrogens is 1. The highest BCUT2D eigenvalue weighted by molar-refractivity contribution is 8.76. The molecule has 65 heavy (non-hydrogen) atoms. The van der Waals surface area contributed by atoms with Gasteiger partial charge in [0.15, 0.2) is 25.5 Å². The van der Waals surface area contributed by atoms with Gasteiger partial charge >= 0.3 is 0 Å². The lowest BCUT2D eigenvalue weighted by Gasteiger charge is -2.29. The van der Waals surface area contributed by atoms with Gasteiger partial charge in [0.05, 0.1) is 54.2 Å². The highest BCUT2D eigenvalue weighted by Gasteiger charge is 2.18. The van der Waals surface area contributed by atoms with Crippen molar-refractivity contribution in [3.8, 4) is 0 Å². The molecule has 0 saturated carbocycles. The highest BCUT2D eigenvalue weighted by Crippen LogP contribution is 2.24. The topological polar surface area (TPSA) is 24.3 Å². The zero-order valence-electron chi connectivity index (χ0n) is 42.4. The minimum absolute atomic E-state index is 0.982. The number of anilines is 2. The Morgan fingerprint density at radius 2 is 0.985 bits per heavy atom. The van der Waals surface area contributed by atoms with Gasteiger partial charge in [-0.25, -0.2) is 4.99 Å². The summed E-state index contributed by atoms with van der Waals surface area (Å²) in [7, 11) is 13.7. The number of likely N-dealkylation sites (N-methyl/N-ethyl adjacent to an activating group) is 1. The van der Waals surface area contributed by atoms with Gasteiger partial charge in [-0.15, -0.1) is 0 Å². The molecule has 0 aliphatic rings. The molecule has 0 amide bonds. The SMILES string of the molecule is CCCCN(CCCC)c1ccc(/C=C/C=C/C=C\C=[NH+]CC[N+](C)(C)CCCSSCCC[N+](C)(C)CCC[n+]2ccccc2/C=C/c2ccc(N(CCCC)CCCC)cc2)cc1. The van der Waals surface area contributed by atoms with Crippen molar-refractivity contribution in [1.29, 1.82) is 0 Å². The summed E-state index contributed by atoms with van der Waals surface area (Å²) in [6.07, 6.45) is 35.1. The Kier molecular flexibility index (Phi) is 29.0. The van der Waals surface area contributed by atoms with Gasteiger partial charge in [-0.1, -0.05) is 130 Å². The van der Waals surface area contributed by atoms with E-state index in [1.807, 2.05) is 0 Å². The minimum atomic E-state index is 0.982. The summed E-state index contributed by atoms with van der Waals surface area (Å²) in [5, 5.41) is 0. The molecule has 0 aliphatic heterocycles. The van der Waals surface area contributed by atoms with Crippen LogP contribution in [0, 0.1) is 0 Å². The van der Waals surface area contributed by atoms with Crippen LogP contribution < -0.4 is 19.4 Å². The fourth-order valence-electron chi connectivity index (χ4n) is 7.80. The molecule has 1 N–H and O–H groups in total. The van der Waals surface area contributed by atoms with Crippen LogP contribution in [-0.2, 0) is 6.54 Å². The van der Waals surface area contributed by atoms with Crippen LogP contribution >= 0.6 is 21.6 Å². The summed E-state index contributed by atoms with van der Waals surface area (Å²) in [5.74, 6) is 2.45. The minimum Gasteiger partial charge on any atom is -0.372 e. The van der Waals surface area contributed by atoms with E-state index in [4.69, 9.17) is 0 Å². The second-order valence-corrected chi connectivity index (χ2v) is 21.6. The molecule has 0 spiro atoms. The fraction of sp³-hybridized carbons (Fsp3) is 0.544. The van der Waals surface area contributed by atoms with E-state index in [-0.39, 0.29) is 0 Å². The fourth-order valence-corrected chi connectivity index (χ4v) is 9.95. The number of hydrogen-bond donors (Lipinski definition) is 1. The second kappa shape index (κ2) is 33.8. The van der Waals surface area contributed by atoms with E-state index in [1.165, 1.54) is 130 Å². The number of allylic oxidation sites excluding steroid dienone is 5. The largest absolute Gasteiger partial charge is 0.372 e. The van der Waals surface area contributed by atoms with Gasteiger partial charge in [-0.05, 0) is 73.2 Å². The zero-order valence-corrected chi connectivity index (χ0v) is 44.1. The number of hydrogen-bond acceptors (Lipinski definition) is 4. The first kappa shape index (κ1) is 55.8. The van der Waals surface area contributed by atoms with E-state index in [9.17, 15) is 0 Å². The van der Waals surface area contributed by atoms with E-state index in [2.05, 4.69) is 225 Å². The molecule has 2 aromatic carbocycles. The number of nitrogens with zero attached hydrogens (tertiary/aromatic N) is 5. The zero-order chi connectivity index (χ0) is 46.9. The summed E-state index contributed by atoms with van der Waals surface area (Å²) < 4.78 is 4.54. The average molecular weight is 926 g/mol. The van der Waals surface area contributed by atoms with Crippen LogP contribution in [-0.4, -0.2) is 114 Å². The molecule has 0 saturated heterocycles. The Balaban J connectivity index is 1.25. The monoisotopic (exact) mass is 925 g/mol. The van der Waals surface area contributed by atoms with Gasteiger partial charge in [0, 0.05) is 86.2 Å². The second-order valence-electron chi connectivity index (χ2n) is 18.9. The summed E-state index contributed by atoms with van der Waals surface area (Å²) in [6.45, 7) is 20.5. The smallest absolute Gasteiger partial charge is 0.205 e. The molecule has 3 rings (SSSR count). The van der Waals surface area contributed by atoms with Crippen LogP contribution in [0.2, 0.25) is 0 Å². The highest BCUT2D eigenvalue weighted by atomic mass is 33.1. The molecule has 6 nitrogen and oxygen atoms in total. The Bertz CT molecular complexity index is 1800. The third-order valence-corrected chi connectivity index (χ3v) is 14.7. The van der Waals surface area contributed by atoms with Crippen molar-refractivity contribution >= 4 is 57.4 Å². The molecule has 0 unspecified atom stereocenters. The Morgan fingerprint density at radius 1 is 0.508 bits per heavy atom. The third-order valence-electron chi connectivity index (χ3n) is 12.1. The molecule has 0 radical (unpaired) electrons. The van der Waals surface area contributed by atoms with Gasteiger partial charge in [0.1, 0.15) is 6.54 Å². The number of nitrogens with one attached hydrogen (secondary N) is 1. The van der Waals surface area contributed by atoms with Crippen LogP contribution in [0.4, 0.5) is 11.4 Å². The van der Waals surface area contributed by atoms with Gasteiger partial charge < -0.3 is 18.8 Å². The van der Waals surface area contributed by atoms with E-state index < -0.39 is 0 Å². The van der Waals surface area contributed by atoms with Gasteiger partial charge in [0.2, 0.25) is 5.69 Å². The van der Waals surface area contributed by atoms with Crippen LogP contribution in [0.15, 0.2) is 103 Å². The lowest BCUT2D eigenvalue weighted by Crippen LogP contribution is -2.72. The van der Waals surface area contributed by atoms with Crippen molar-refractivity contribution in [2.45, 2.75) is 105 Å². The molecule has 3 aromatic rings. The Morgan fingerprint density at radius 3 is 1.52 bits per heavy atom. The first-order chi connectivity index (χ1) is 31.6. The van der Waals surface area contributed by atoms with Crippen LogP contribution in [0.25, 0.3) is 18.2 Å². The molecule has 1 aromatic heterocycles. The number of benzene rings is 2. The van der Waals surface area contributed by atoms with E-state index in [0.29, 0.717) is 0 Å². The lowest BCUT2D eigenvalue weighted by molar-refractivity contribution is -0.896. The van der Waals surface area contributed by atoms with Crippen LogP contribution in [0.3, 0.4) is 0 Å². The first-order valence-electron chi connectivity index (χ1n) is 25.4. The van der Waals surface area contributed by atoms with Crippen LogP contribution in [0.1, 0.15) is 115 Å². The maximum absolute atomic E-state index is 3.48. The number of unbranched alkanes of at least 4 members (excludes halogenated alkanes) is 4. The number of aryl methyl sites for hydroxylation is 1. The van der Waals surface area contributed by atoms with E-state index >= 15 is 0 Å². The molecular formula is C57H92N6S2+4. The summed E-state index contributed by atoms with van der Waals surface area (Å²) in [5.41, 5.74) is 6.45. The summed E-state index contributed by atoms with van der Waals surface area (Å²) in [4.78, 5) is 8.58. The van der Waals surface area contributed by atoms with Crippen molar-refractivity contribution in [2.75, 3.05) is 108 Å². The maximum Gasteiger partial charge on any atom is 0.205 e. The molecular weight excluding hydrogens is 833 g/mol. The number of quaternary nitrogens is 2. The van der Waals surface area contributed by atoms with Crippen molar-refractivity contribution in [2.24, 2.45) is 0 Å². The molecule has 1 heterocycles. The molecule has 0 aliphatic carbocycles. The maximum atomic E-state index is 3.48. The molecule has 0 bridgehead atoms. The Labute approximate surface area is 407 Å². The van der Waals surface area contributed by atoms with Gasteiger partial charge in [-0.2, -0.15) is 4.57 Å². The molecule has 8 heteroatoms. The van der Waals surface area contributed by atoms with Crippen molar-refractivity contribution < 1.29 is 18.5 Å². The third kappa shape index (κ3) is 25.2. The quantitative estimate of drug-likeness (QED) is 0.0157. The standard InChI is InChI=1S/C57H91N6S2/c1-9-13-41-59(42-14-10-2)56-35-29-53(30-36-56)27-20-18-17-19-22-39-58-40-50-63(7,8)49-26-52-65-64-51-25-48-62(5,6)47-24-46-61-45-23-21-28-55(61)34-31-54-32-37-57(38-33-54)60(43-15-11-3)44-16-12-4/h17-23,27-39,45H,9-16,24-26,40-44,46-52H2,1-8H3/q+3/p+1/b18-17+,22-19-,27-20+,58-39?. The normalized spacial score (nSPS) is 12.6. The molecule has 358 valence electrons. The predicted molar refractivity (Wildman–Crippen MR) is 294 cm³/mol. The summed E-state index contributed by atoms with van der Waals surface area (Å²) in [6, 6.07) is 24.7. The van der Waals surface area contributed by atoms with E-state index in [1.54, 1.807) is 0 Å². The molecule has 0 fully saturated rings. The van der Waals surface area contributed by atoms with Gasteiger partial charge in [-0.3, -0.25) is 0 Å². The van der Waals surface area contributed by atoms with Crippen molar-refractivity contribution in [1.82, 2.24) is 0 Å². The Hall–Kier alpha value is -3.56. The average Bonchev–Trinajstić information content (AvgIpc) is 3.30. The van der Waals surface area contributed by atoms with Gasteiger partial charge in [0.25, 0.3) is 0 Å². The predicted octanol–water partition coefficient (Wildman–Crippen LogP) is 11.6. The summed E-state index contributed by atoms with van der Waals surface area (Å²) >= 11 is 0. The van der Waals surface area contributed by atoms with Crippen molar-refractivity contribution in [3.63, 3.8) is 0 Å². The van der Waals surface area contributed by atoms with E-state index in [0.717, 1.165) is 54.8 Å². The molecule has 0 atom stereocenters. The number of pyridine rings is 1. The lowest BCUT2D eigenvalue weighted by atomic mass is 10.1. The van der Waals surface area contributed by atoms with Crippen molar-refractivity contribution in [3.05, 3.63) is 120 Å².